The van der Waals surface area contributed by atoms with E-state index in [2.05, 4.69) is 0 Å². The molecule has 0 fully saturated rings. The van der Waals surface area contributed by atoms with Crippen molar-refractivity contribution < 1.29 is 17.7 Å². The van der Waals surface area contributed by atoms with Crippen LogP contribution >= 0.6 is 0 Å². The third-order valence-electron chi connectivity index (χ3n) is 2.91. The summed E-state index contributed by atoms with van der Waals surface area (Å²) in [7, 11) is -1.09. The van der Waals surface area contributed by atoms with Gasteiger partial charge in [-0.2, -0.15) is 0 Å². The van der Waals surface area contributed by atoms with Gasteiger partial charge in [-0.1, -0.05) is 0 Å². The van der Waals surface area contributed by atoms with Crippen LogP contribution in [0.2, 0.25) is 0 Å². The summed E-state index contributed by atoms with van der Waals surface area (Å²) in [6.45, 7) is 0. The maximum Gasteiger partial charge on any atom is 0.399 e. The molecule has 0 spiro atoms. The maximum atomic E-state index is 5.83. The van der Waals surface area contributed by atoms with E-state index in [1.54, 1.807) is 25.9 Å². The van der Waals surface area contributed by atoms with Crippen molar-refractivity contribution in [2.45, 2.75) is 0 Å². The highest BCUT2D eigenvalue weighted by Crippen LogP contribution is 2.09. The van der Waals surface area contributed by atoms with Crippen LogP contribution in [0, 0.1) is 0 Å². The molecule has 0 aliphatic carbocycles. The Morgan fingerprint density at radius 2 is 1.17 bits per heavy atom. The second kappa shape index (κ2) is 4.36. The Kier molecular flexibility index (Phi) is 2.69. The standard InChI is InChI=1S/C13H12O4Si/c1-14-18(11-5-2-8-15-11,12-6-3-9-16-12)13-7-4-10-17-13/h2-10H,1H3. The Hall–Kier alpha value is -1.98. The van der Waals surface area contributed by atoms with Crippen molar-refractivity contribution in [3.63, 3.8) is 0 Å². The third-order valence-corrected chi connectivity index (χ3v) is 6.46. The molecule has 0 saturated carbocycles. The van der Waals surface area contributed by atoms with Crippen molar-refractivity contribution in [3.05, 3.63) is 55.2 Å². The highest BCUT2D eigenvalue weighted by atomic mass is 28.4. The van der Waals surface area contributed by atoms with E-state index in [0.717, 1.165) is 16.2 Å². The normalized spacial score (nSPS) is 11.8. The van der Waals surface area contributed by atoms with Crippen molar-refractivity contribution in [3.8, 4) is 0 Å². The maximum absolute atomic E-state index is 5.83. The molecule has 0 unspecified atom stereocenters. The predicted molar refractivity (Wildman–Crippen MR) is 67.8 cm³/mol. The number of hydrogen-bond donors (Lipinski definition) is 0. The molecule has 3 rings (SSSR count). The summed E-state index contributed by atoms with van der Waals surface area (Å²) in [5.74, 6) is 0. The van der Waals surface area contributed by atoms with Gasteiger partial charge in [0.25, 0.3) is 0 Å². The summed E-state index contributed by atoms with van der Waals surface area (Å²) in [5, 5.41) is 2.24. The lowest BCUT2D eigenvalue weighted by Gasteiger charge is -2.22. The van der Waals surface area contributed by atoms with Crippen LogP contribution in [0.15, 0.2) is 68.4 Å². The van der Waals surface area contributed by atoms with Crippen LogP contribution in [-0.2, 0) is 4.43 Å². The number of rotatable bonds is 4. The Morgan fingerprint density at radius 1 is 0.778 bits per heavy atom. The topological polar surface area (TPSA) is 48.7 Å². The second-order valence-electron chi connectivity index (χ2n) is 3.82. The fourth-order valence-corrected chi connectivity index (χ4v) is 5.13. The molecule has 0 atom stereocenters. The zero-order valence-electron chi connectivity index (χ0n) is 9.83. The number of furan rings is 3. The number of hydrogen-bond acceptors (Lipinski definition) is 4. The molecule has 0 radical (unpaired) electrons. The van der Waals surface area contributed by atoms with E-state index in [9.17, 15) is 0 Å². The van der Waals surface area contributed by atoms with Gasteiger partial charge in [0.2, 0.25) is 0 Å². The summed E-state index contributed by atoms with van der Waals surface area (Å²) in [6, 6.07) is 11.2. The van der Waals surface area contributed by atoms with Gasteiger partial charge in [0.05, 0.1) is 18.8 Å². The van der Waals surface area contributed by atoms with E-state index in [-0.39, 0.29) is 0 Å². The van der Waals surface area contributed by atoms with Crippen molar-refractivity contribution in [1.29, 1.82) is 0 Å². The van der Waals surface area contributed by atoms with Gasteiger partial charge in [0, 0.05) is 7.11 Å². The summed E-state index contributed by atoms with van der Waals surface area (Å²) in [6.07, 6.45) is 4.88. The first-order chi connectivity index (χ1) is 8.88. The molecule has 3 heterocycles. The third kappa shape index (κ3) is 1.48. The van der Waals surface area contributed by atoms with E-state index >= 15 is 0 Å². The van der Waals surface area contributed by atoms with Crippen LogP contribution in [0.1, 0.15) is 0 Å². The summed E-state index contributed by atoms with van der Waals surface area (Å²) in [4.78, 5) is 0. The van der Waals surface area contributed by atoms with E-state index in [1.165, 1.54) is 0 Å². The van der Waals surface area contributed by atoms with Crippen LogP contribution < -0.4 is 16.2 Å². The molecular weight excluding hydrogens is 248 g/mol. The highest BCUT2D eigenvalue weighted by Gasteiger charge is 2.49. The fraction of sp³-hybridized carbons (Fsp3) is 0.0769. The highest BCUT2D eigenvalue weighted by molar-refractivity contribution is 7.05. The first kappa shape index (κ1) is 11.1. The van der Waals surface area contributed by atoms with E-state index in [1.807, 2.05) is 36.4 Å². The average Bonchev–Trinajstić information content (AvgIpc) is 3.16. The Bertz CT molecular complexity index is 497. The van der Waals surface area contributed by atoms with Gasteiger partial charge in [-0.3, -0.25) is 0 Å². The zero-order valence-corrected chi connectivity index (χ0v) is 10.8. The van der Waals surface area contributed by atoms with Crippen LogP contribution in [0.3, 0.4) is 0 Å². The Balaban J connectivity index is 2.25. The summed E-state index contributed by atoms with van der Waals surface area (Å²) < 4.78 is 22.5. The Labute approximate surface area is 105 Å². The van der Waals surface area contributed by atoms with Crippen LogP contribution in [0.5, 0.6) is 0 Å². The molecule has 5 heteroatoms. The predicted octanol–water partition coefficient (Wildman–Crippen LogP) is 1.08. The molecule has 92 valence electrons. The smallest absolute Gasteiger partial charge is 0.399 e. The molecule has 3 aromatic rings. The van der Waals surface area contributed by atoms with Crippen LogP contribution in [0.25, 0.3) is 0 Å². The van der Waals surface area contributed by atoms with Gasteiger partial charge in [-0.25, -0.2) is 0 Å². The molecule has 0 bridgehead atoms. The zero-order chi connectivity index (χ0) is 12.4. The minimum atomic E-state index is -2.74. The van der Waals surface area contributed by atoms with Gasteiger partial charge >= 0.3 is 8.32 Å². The van der Waals surface area contributed by atoms with E-state index in [0.29, 0.717) is 0 Å². The van der Waals surface area contributed by atoms with Crippen molar-refractivity contribution >= 4 is 24.5 Å². The van der Waals surface area contributed by atoms with Crippen LogP contribution in [-0.4, -0.2) is 15.4 Å². The molecule has 3 aromatic heterocycles. The molecule has 0 aliphatic heterocycles. The minimum absolute atomic E-state index is 0.745. The largest absolute Gasteiger partial charge is 0.470 e. The van der Waals surface area contributed by atoms with Gasteiger partial charge in [0.1, 0.15) is 16.2 Å². The fourth-order valence-electron chi connectivity index (χ4n) is 2.10. The van der Waals surface area contributed by atoms with E-state index < -0.39 is 8.32 Å². The molecule has 18 heavy (non-hydrogen) atoms. The quantitative estimate of drug-likeness (QED) is 0.659. The lowest BCUT2D eigenvalue weighted by molar-refractivity contribution is 0.398. The molecule has 0 amide bonds. The van der Waals surface area contributed by atoms with Crippen LogP contribution in [0.4, 0.5) is 0 Å². The van der Waals surface area contributed by atoms with Crippen molar-refractivity contribution in [2.24, 2.45) is 0 Å². The first-order valence-corrected chi connectivity index (χ1v) is 7.46. The monoisotopic (exact) mass is 260 g/mol. The van der Waals surface area contributed by atoms with Gasteiger partial charge in [-0.15, -0.1) is 0 Å². The SMILES string of the molecule is CO[Si](c1ccco1)(c1ccco1)c1ccco1. The molecule has 0 aromatic carbocycles. The second-order valence-corrected chi connectivity index (χ2v) is 7.07. The average molecular weight is 260 g/mol. The van der Waals surface area contributed by atoms with Gasteiger partial charge < -0.3 is 17.7 Å². The van der Waals surface area contributed by atoms with Crippen molar-refractivity contribution in [2.75, 3.05) is 7.11 Å². The molecule has 0 aliphatic rings. The molecular formula is C13H12O4Si. The molecule has 0 saturated heterocycles. The van der Waals surface area contributed by atoms with E-state index in [4.69, 9.17) is 17.7 Å². The summed E-state index contributed by atoms with van der Waals surface area (Å²) >= 11 is 0. The molecule has 4 nitrogen and oxygen atoms in total. The lowest BCUT2D eigenvalue weighted by Crippen LogP contribution is -2.67. The summed E-state index contributed by atoms with van der Waals surface area (Å²) in [5.41, 5.74) is 0. The van der Waals surface area contributed by atoms with Gasteiger partial charge in [-0.05, 0) is 36.4 Å². The van der Waals surface area contributed by atoms with Crippen molar-refractivity contribution in [1.82, 2.24) is 0 Å². The minimum Gasteiger partial charge on any atom is -0.470 e. The molecule has 0 N–H and O–H groups in total. The Morgan fingerprint density at radius 3 is 1.39 bits per heavy atom. The lowest BCUT2D eigenvalue weighted by atomic mass is 10.7. The van der Waals surface area contributed by atoms with Gasteiger partial charge in [0.15, 0.2) is 0 Å². The first-order valence-electron chi connectivity index (χ1n) is 5.55.